The van der Waals surface area contributed by atoms with Gasteiger partial charge in [-0.15, -0.1) is 0 Å². The molecule has 1 saturated heterocycles. The van der Waals surface area contributed by atoms with Gasteiger partial charge >= 0.3 is 5.69 Å². The summed E-state index contributed by atoms with van der Waals surface area (Å²) >= 11 is 3.10. The Kier molecular flexibility index (Phi) is 4.73. The maximum absolute atomic E-state index is 11.5. The molecular weight excluding hydrogens is 302 g/mol. The van der Waals surface area contributed by atoms with E-state index in [-0.39, 0.29) is 5.69 Å². The molecule has 7 heteroatoms. The number of ether oxygens (including phenoxy) is 1. The van der Waals surface area contributed by atoms with E-state index < -0.39 is 5.56 Å². The highest BCUT2D eigenvalue weighted by Crippen LogP contribution is 2.10. The molecule has 1 atom stereocenters. The highest BCUT2D eigenvalue weighted by molar-refractivity contribution is 9.10. The molecule has 100 valence electrons. The van der Waals surface area contributed by atoms with Gasteiger partial charge in [0.25, 0.3) is 5.56 Å². The third-order valence-electron chi connectivity index (χ3n) is 2.95. The lowest BCUT2D eigenvalue weighted by Gasteiger charge is -2.10. The van der Waals surface area contributed by atoms with Crippen LogP contribution in [0.3, 0.4) is 0 Å². The van der Waals surface area contributed by atoms with Crippen molar-refractivity contribution in [3.8, 4) is 0 Å². The molecular formula is C11H16BrN3O3. The molecule has 18 heavy (non-hydrogen) atoms. The fourth-order valence-corrected chi connectivity index (χ4v) is 2.25. The maximum Gasteiger partial charge on any atom is 0.328 e. The van der Waals surface area contributed by atoms with Gasteiger partial charge in [0.1, 0.15) is 0 Å². The lowest BCUT2D eigenvalue weighted by Crippen LogP contribution is -2.34. The molecule has 0 spiro atoms. The second-order valence-electron chi connectivity index (χ2n) is 4.36. The van der Waals surface area contributed by atoms with Gasteiger partial charge in [0, 0.05) is 32.4 Å². The van der Waals surface area contributed by atoms with Crippen molar-refractivity contribution >= 4 is 15.9 Å². The van der Waals surface area contributed by atoms with Crippen molar-refractivity contribution in [3.63, 3.8) is 0 Å². The summed E-state index contributed by atoms with van der Waals surface area (Å²) in [5, 5.41) is 3.29. The van der Waals surface area contributed by atoms with Crippen molar-refractivity contribution in [1.29, 1.82) is 0 Å². The zero-order chi connectivity index (χ0) is 13.0. The minimum Gasteiger partial charge on any atom is -0.381 e. The first-order valence-corrected chi connectivity index (χ1v) is 6.74. The van der Waals surface area contributed by atoms with E-state index in [4.69, 9.17) is 4.74 Å². The molecule has 2 heterocycles. The number of nitrogens with one attached hydrogen (secondary N) is 2. The molecule has 1 unspecified atom stereocenters. The Bertz CT molecular complexity index is 505. The molecule has 1 aromatic heterocycles. The van der Waals surface area contributed by atoms with Gasteiger partial charge in [0.15, 0.2) is 0 Å². The molecule has 1 aliphatic heterocycles. The Labute approximate surface area is 112 Å². The fraction of sp³-hybridized carbons (Fsp3) is 0.636. The van der Waals surface area contributed by atoms with Crippen molar-refractivity contribution in [2.75, 3.05) is 26.3 Å². The second kappa shape index (κ2) is 6.31. The van der Waals surface area contributed by atoms with Gasteiger partial charge in [0.05, 0.1) is 11.1 Å². The van der Waals surface area contributed by atoms with E-state index in [1.54, 1.807) is 0 Å². The van der Waals surface area contributed by atoms with Crippen LogP contribution in [0.2, 0.25) is 0 Å². The third kappa shape index (κ3) is 3.54. The van der Waals surface area contributed by atoms with Crippen molar-refractivity contribution in [2.24, 2.45) is 5.92 Å². The predicted molar refractivity (Wildman–Crippen MR) is 70.8 cm³/mol. The van der Waals surface area contributed by atoms with Crippen LogP contribution in [0.15, 0.2) is 20.3 Å². The van der Waals surface area contributed by atoms with Gasteiger partial charge in [-0.2, -0.15) is 0 Å². The monoisotopic (exact) mass is 317 g/mol. The van der Waals surface area contributed by atoms with Gasteiger partial charge in [-0.25, -0.2) is 4.79 Å². The molecule has 1 aliphatic rings. The molecule has 1 aromatic rings. The summed E-state index contributed by atoms with van der Waals surface area (Å²) in [7, 11) is 0. The van der Waals surface area contributed by atoms with E-state index >= 15 is 0 Å². The van der Waals surface area contributed by atoms with Crippen LogP contribution in [0.1, 0.15) is 6.42 Å². The van der Waals surface area contributed by atoms with Crippen molar-refractivity contribution < 1.29 is 4.74 Å². The normalized spacial score (nSPS) is 19.3. The van der Waals surface area contributed by atoms with Gasteiger partial charge in [0.2, 0.25) is 0 Å². The summed E-state index contributed by atoms with van der Waals surface area (Å²) in [6.07, 6.45) is 2.61. The van der Waals surface area contributed by atoms with Crippen LogP contribution in [-0.2, 0) is 11.3 Å². The molecule has 0 aliphatic carbocycles. The quantitative estimate of drug-likeness (QED) is 0.745. The summed E-state index contributed by atoms with van der Waals surface area (Å²) in [5.41, 5.74) is -0.776. The zero-order valence-electron chi connectivity index (χ0n) is 9.95. The smallest absolute Gasteiger partial charge is 0.328 e. The largest absolute Gasteiger partial charge is 0.381 e. The van der Waals surface area contributed by atoms with E-state index in [2.05, 4.69) is 26.2 Å². The van der Waals surface area contributed by atoms with E-state index in [1.165, 1.54) is 10.8 Å². The van der Waals surface area contributed by atoms with Crippen LogP contribution in [0, 0.1) is 5.92 Å². The first kappa shape index (κ1) is 13.5. The molecule has 6 nitrogen and oxygen atoms in total. The molecule has 2 N–H and O–H groups in total. The maximum atomic E-state index is 11.5. The Morgan fingerprint density at radius 1 is 1.56 bits per heavy atom. The summed E-state index contributed by atoms with van der Waals surface area (Å²) in [5.74, 6) is 0.573. The number of rotatable bonds is 5. The predicted octanol–water partition coefficient (Wildman–Crippen LogP) is -0.0748. The van der Waals surface area contributed by atoms with Crippen LogP contribution < -0.4 is 16.6 Å². The Hall–Kier alpha value is -0.920. The zero-order valence-corrected chi connectivity index (χ0v) is 11.5. The fourth-order valence-electron chi connectivity index (χ4n) is 1.90. The average molecular weight is 318 g/mol. The van der Waals surface area contributed by atoms with E-state index in [0.29, 0.717) is 23.5 Å². The number of aromatic nitrogens is 2. The standard InChI is InChI=1S/C11H16BrN3O3/c12-9-6-15(11(17)14-10(9)16)3-2-13-5-8-1-4-18-7-8/h6,8,13H,1-5,7H2,(H,14,16,17). The van der Waals surface area contributed by atoms with Crippen LogP contribution in [0.5, 0.6) is 0 Å². The first-order chi connectivity index (χ1) is 8.66. The summed E-state index contributed by atoms with van der Waals surface area (Å²) in [4.78, 5) is 24.9. The van der Waals surface area contributed by atoms with Gasteiger partial charge in [-0.3, -0.25) is 14.3 Å². The minimum absolute atomic E-state index is 0.367. The van der Waals surface area contributed by atoms with Crippen molar-refractivity contribution in [2.45, 2.75) is 13.0 Å². The van der Waals surface area contributed by atoms with Crippen LogP contribution >= 0.6 is 15.9 Å². The molecule has 0 saturated carbocycles. The number of hydrogen-bond acceptors (Lipinski definition) is 4. The van der Waals surface area contributed by atoms with Crippen molar-refractivity contribution in [3.05, 3.63) is 31.5 Å². The van der Waals surface area contributed by atoms with Crippen LogP contribution in [0.25, 0.3) is 0 Å². The minimum atomic E-state index is -0.396. The number of aromatic amines is 1. The number of halogens is 1. The second-order valence-corrected chi connectivity index (χ2v) is 5.22. The van der Waals surface area contributed by atoms with E-state index in [0.717, 1.165) is 26.2 Å². The Balaban J connectivity index is 1.81. The molecule has 0 bridgehead atoms. The highest BCUT2D eigenvalue weighted by Gasteiger charge is 2.14. The molecule has 2 rings (SSSR count). The Morgan fingerprint density at radius 3 is 3.11 bits per heavy atom. The SMILES string of the molecule is O=c1[nH]c(=O)n(CCNCC2CCOC2)cc1Br. The molecule has 0 aromatic carbocycles. The molecule has 1 fully saturated rings. The van der Waals surface area contributed by atoms with Gasteiger partial charge < -0.3 is 10.1 Å². The summed E-state index contributed by atoms with van der Waals surface area (Å²) in [6.45, 7) is 3.78. The highest BCUT2D eigenvalue weighted by atomic mass is 79.9. The summed E-state index contributed by atoms with van der Waals surface area (Å²) in [6, 6.07) is 0. The lowest BCUT2D eigenvalue weighted by molar-refractivity contribution is 0.185. The van der Waals surface area contributed by atoms with Crippen molar-refractivity contribution in [1.82, 2.24) is 14.9 Å². The van der Waals surface area contributed by atoms with Gasteiger partial charge in [-0.05, 0) is 28.3 Å². The number of H-pyrrole nitrogens is 1. The van der Waals surface area contributed by atoms with E-state index in [9.17, 15) is 9.59 Å². The van der Waals surface area contributed by atoms with Gasteiger partial charge in [-0.1, -0.05) is 0 Å². The van der Waals surface area contributed by atoms with E-state index in [1.807, 2.05) is 0 Å². The number of hydrogen-bond donors (Lipinski definition) is 2. The number of nitrogens with zero attached hydrogens (tertiary/aromatic N) is 1. The Morgan fingerprint density at radius 2 is 2.39 bits per heavy atom. The average Bonchev–Trinajstić information content (AvgIpc) is 2.84. The topological polar surface area (TPSA) is 76.1 Å². The summed E-state index contributed by atoms with van der Waals surface area (Å²) < 4.78 is 7.12. The lowest BCUT2D eigenvalue weighted by atomic mass is 10.1. The van der Waals surface area contributed by atoms with Crippen LogP contribution in [-0.4, -0.2) is 35.9 Å². The third-order valence-corrected chi connectivity index (χ3v) is 3.52. The van der Waals surface area contributed by atoms with Crippen LogP contribution in [0.4, 0.5) is 0 Å². The molecule has 0 amide bonds. The molecule has 0 radical (unpaired) electrons. The first-order valence-electron chi connectivity index (χ1n) is 5.94.